The highest BCUT2D eigenvalue weighted by atomic mass is 16.4. The second-order valence-electron chi connectivity index (χ2n) is 5.19. The van der Waals surface area contributed by atoms with E-state index in [-0.39, 0.29) is 18.0 Å². The minimum Gasteiger partial charge on any atom is -0.481 e. The Hall–Kier alpha value is -2.55. The number of carbonyl (C=O) groups excluding carboxylic acids is 1. The average Bonchev–Trinajstić information content (AvgIpc) is 2.47. The second kappa shape index (κ2) is 6.75. The molecular weight excluding hydrogens is 270 g/mol. The van der Waals surface area contributed by atoms with Crippen molar-refractivity contribution < 1.29 is 14.7 Å². The molecule has 21 heavy (non-hydrogen) atoms. The molecule has 0 bridgehead atoms. The van der Waals surface area contributed by atoms with Crippen LogP contribution < -0.4 is 10.6 Å². The highest BCUT2D eigenvalue weighted by molar-refractivity contribution is 5.89. The number of aliphatic carboxylic acids is 1. The maximum absolute atomic E-state index is 11.9. The van der Waals surface area contributed by atoms with E-state index in [2.05, 4.69) is 10.6 Å². The zero-order valence-electron chi connectivity index (χ0n) is 11.5. The summed E-state index contributed by atoms with van der Waals surface area (Å²) in [6, 6.07) is 8.13. The van der Waals surface area contributed by atoms with Gasteiger partial charge in [-0.3, -0.25) is 4.79 Å². The van der Waals surface area contributed by atoms with Crippen LogP contribution in [-0.4, -0.2) is 23.1 Å². The van der Waals surface area contributed by atoms with Crippen LogP contribution >= 0.6 is 0 Å². The van der Waals surface area contributed by atoms with Crippen LogP contribution in [0.4, 0.5) is 10.5 Å². The fraction of sp³-hybridized carbons (Fsp3) is 0.400. The first-order chi connectivity index (χ1) is 10.1. The van der Waals surface area contributed by atoms with Crippen LogP contribution in [0.25, 0.3) is 0 Å². The third kappa shape index (κ3) is 4.21. The predicted octanol–water partition coefficient (Wildman–Crippen LogP) is 2.32. The lowest BCUT2D eigenvalue weighted by Gasteiger charge is -2.27. The van der Waals surface area contributed by atoms with Crippen LogP contribution in [0.15, 0.2) is 24.3 Å². The molecule has 0 aliphatic heterocycles. The molecule has 0 heterocycles. The maximum atomic E-state index is 11.9. The Morgan fingerprint density at radius 3 is 2.86 bits per heavy atom. The summed E-state index contributed by atoms with van der Waals surface area (Å²) in [5, 5.41) is 23.3. The van der Waals surface area contributed by atoms with Crippen LogP contribution in [0.1, 0.15) is 31.2 Å². The molecule has 1 aromatic carbocycles. The first-order valence-corrected chi connectivity index (χ1v) is 6.89. The number of anilines is 1. The lowest BCUT2D eigenvalue weighted by molar-refractivity contribution is -0.143. The van der Waals surface area contributed by atoms with Crippen molar-refractivity contribution in [1.82, 2.24) is 5.32 Å². The van der Waals surface area contributed by atoms with Gasteiger partial charge < -0.3 is 15.7 Å². The topological polar surface area (TPSA) is 102 Å². The van der Waals surface area contributed by atoms with E-state index in [1.54, 1.807) is 24.3 Å². The molecule has 2 unspecified atom stereocenters. The van der Waals surface area contributed by atoms with Crippen molar-refractivity contribution in [3.63, 3.8) is 0 Å². The summed E-state index contributed by atoms with van der Waals surface area (Å²) in [6.45, 7) is 0. The van der Waals surface area contributed by atoms with E-state index in [9.17, 15) is 9.59 Å². The highest BCUT2D eigenvalue weighted by Gasteiger charge is 2.27. The number of carboxylic acid groups (broad SMARTS) is 1. The smallest absolute Gasteiger partial charge is 0.319 e. The van der Waals surface area contributed by atoms with Crippen molar-refractivity contribution in [3.05, 3.63) is 29.8 Å². The summed E-state index contributed by atoms with van der Waals surface area (Å²) in [4.78, 5) is 22.9. The second-order valence-corrected chi connectivity index (χ2v) is 5.19. The van der Waals surface area contributed by atoms with E-state index in [1.165, 1.54) is 0 Å². The van der Waals surface area contributed by atoms with Crippen LogP contribution in [0.2, 0.25) is 0 Å². The van der Waals surface area contributed by atoms with Gasteiger partial charge in [0.1, 0.15) is 0 Å². The zero-order valence-corrected chi connectivity index (χ0v) is 11.5. The molecular formula is C15H17N3O3. The summed E-state index contributed by atoms with van der Waals surface area (Å²) in [5.41, 5.74) is 1.01. The molecule has 1 aliphatic rings. The first-order valence-electron chi connectivity index (χ1n) is 6.89. The predicted molar refractivity (Wildman–Crippen MR) is 76.7 cm³/mol. The molecule has 1 saturated carbocycles. The number of amides is 2. The molecule has 2 rings (SSSR count). The lowest BCUT2D eigenvalue weighted by atomic mass is 9.86. The van der Waals surface area contributed by atoms with Crippen molar-refractivity contribution in [1.29, 1.82) is 5.26 Å². The molecule has 0 saturated heterocycles. The number of nitrogens with zero attached hydrogens (tertiary/aromatic N) is 1. The van der Waals surface area contributed by atoms with Crippen LogP contribution in [-0.2, 0) is 4.79 Å². The molecule has 110 valence electrons. The molecule has 6 heteroatoms. The number of hydrogen-bond acceptors (Lipinski definition) is 3. The standard InChI is InChI=1S/C15H17N3O3/c16-9-10-3-1-5-12(7-10)17-15(21)18-13-6-2-4-11(8-13)14(19)20/h1,3,5,7,11,13H,2,4,6,8H2,(H,19,20)(H2,17,18,21). The highest BCUT2D eigenvalue weighted by Crippen LogP contribution is 2.24. The minimum atomic E-state index is -0.802. The zero-order chi connectivity index (χ0) is 15.2. The fourth-order valence-electron chi connectivity index (χ4n) is 2.56. The van der Waals surface area contributed by atoms with E-state index in [0.717, 1.165) is 12.8 Å². The van der Waals surface area contributed by atoms with Crippen molar-refractivity contribution in [2.24, 2.45) is 5.92 Å². The van der Waals surface area contributed by atoms with Crippen molar-refractivity contribution in [2.75, 3.05) is 5.32 Å². The SMILES string of the molecule is N#Cc1cccc(NC(=O)NC2CCCC(C(=O)O)C2)c1. The molecule has 1 aromatic rings. The number of carboxylic acids is 1. The number of urea groups is 1. The van der Waals surface area contributed by atoms with E-state index >= 15 is 0 Å². The van der Waals surface area contributed by atoms with E-state index in [4.69, 9.17) is 10.4 Å². The summed E-state index contributed by atoms with van der Waals surface area (Å²) in [5.74, 6) is -1.19. The molecule has 6 nitrogen and oxygen atoms in total. The molecule has 0 aromatic heterocycles. The lowest BCUT2D eigenvalue weighted by Crippen LogP contribution is -2.42. The fourth-order valence-corrected chi connectivity index (χ4v) is 2.56. The maximum Gasteiger partial charge on any atom is 0.319 e. The van der Waals surface area contributed by atoms with Gasteiger partial charge in [-0.1, -0.05) is 12.5 Å². The van der Waals surface area contributed by atoms with Gasteiger partial charge in [-0.25, -0.2) is 4.79 Å². The van der Waals surface area contributed by atoms with Gasteiger partial charge in [-0.2, -0.15) is 5.26 Å². The monoisotopic (exact) mass is 287 g/mol. The Bertz CT molecular complexity index is 580. The van der Waals surface area contributed by atoms with Gasteiger partial charge in [-0.05, 0) is 37.5 Å². The Kier molecular flexibility index (Phi) is 4.77. The van der Waals surface area contributed by atoms with Crippen LogP contribution in [0.3, 0.4) is 0 Å². The Morgan fingerprint density at radius 1 is 1.33 bits per heavy atom. The van der Waals surface area contributed by atoms with E-state index in [1.807, 2.05) is 6.07 Å². The molecule has 2 atom stereocenters. The third-order valence-electron chi connectivity index (χ3n) is 3.61. The average molecular weight is 287 g/mol. The first kappa shape index (κ1) is 14.9. The number of hydrogen-bond donors (Lipinski definition) is 3. The van der Waals surface area contributed by atoms with Crippen molar-refractivity contribution in [3.8, 4) is 6.07 Å². The number of nitrogens with one attached hydrogen (secondary N) is 2. The molecule has 0 radical (unpaired) electrons. The van der Waals surface area contributed by atoms with Crippen LogP contribution in [0.5, 0.6) is 0 Å². The summed E-state index contributed by atoms with van der Waals surface area (Å²) >= 11 is 0. The number of rotatable bonds is 3. The Morgan fingerprint density at radius 2 is 2.14 bits per heavy atom. The van der Waals surface area contributed by atoms with Crippen molar-refractivity contribution >= 4 is 17.7 Å². The summed E-state index contributed by atoms with van der Waals surface area (Å²) < 4.78 is 0. The summed E-state index contributed by atoms with van der Waals surface area (Å²) in [7, 11) is 0. The minimum absolute atomic E-state index is 0.126. The number of nitriles is 1. The Balaban J connectivity index is 1.89. The van der Waals surface area contributed by atoms with Gasteiger partial charge in [0.15, 0.2) is 0 Å². The van der Waals surface area contributed by atoms with Gasteiger partial charge in [0.05, 0.1) is 17.6 Å². The summed E-state index contributed by atoms with van der Waals surface area (Å²) in [6.07, 6.45) is 2.71. The number of benzene rings is 1. The van der Waals surface area contributed by atoms with Gasteiger partial charge in [-0.15, -0.1) is 0 Å². The van der Waals surface area contributed by atoms with Crippen molar-refractivity contribution in [2.45, 2.75) is 31.7 Å². The molecule has 3 N–H and O–H groups in total. The Labute approximate surface area is 122 Å². The quantitative estimate of drug-likeness (QED) is 0.793. The molecule has 1 aliphatic carbocycles. The van der Waals surface area contributed by atoms with Gasteiger partial charge in [0, 0.05) is 11.7 Å². The van der Waals surface area contributed by atoms with Gasteiger partial charge >= 0.3 is 12.0 Å². The van der Waals surface area contributed by atoms with Gasteiger partial charge in [0.2, 0.25) is 0 Å². The van der Waals surface area contributed by atoms with E-state index < -0.39 is 5.97 Å². The number of carbonyl (C=O) groups is 2. The van der Waals surface area contributed by atoms with Crippen LogP contribution in [0, 0.1) is 17.2 Å². The third-order valence-corrected chi connectivity index (χ3v) is 3.61. The normalized spacial score (nSPS) is 21.1. The molecule has 2 amide bonds. The van der Waals surface area contributed by atoms with Gasteiger partial charge in [0.25, 0.3) is 0 Å². The molecule has 1 fully saturated rings. The largest absolute Gasteiger partial charge is 0.481 e. The molecule has 0 spiro atoms. The van der Waals surface area contributed by atoms with E-state index in [0.29, 0.717) is 24.1 Å².